The van der Waals surface area contributed by atoms with Gasteiger partial charge >= 0.3 is 0 Å². The normalized spacial score (nSPS) is 11.3. The smallest absolute Gasteiger partial charge is 0.262 e. The van der Waals surface area contributed by atoms with Gasteiger partial charge in [-0.15, -0.1) is 0 Å². The Labute approximate surface area is 113 Å². The first kappa shape index (κ1) is 14.2. The molecule has 0 aliphatic carbocycles. The molecule has 3 N–H and O–H groups in total. The first-order chi connectivity index (χ1) is 9.31. The van der Waals surface area contributed by atoms with Gasteiger partial charge in [0, 0.05) is 5.69 Å². The molecule has 2 rings (SSSR count). The zero-order valence-electron chi connectivity index (χ0n) is 9.90. The maximum atomic E-state index is 13.4. The molecule has 0 aliphatic heterocycles. The number of nitrogens with two attached hydrogens (primary N) is 1. The molecule has 0 saturated heterocycles. The summed E-state index contributed by atoms with van der Waals surface area (Å²) in [6.07, 6.45) is 0. The zero-order valence-corrected chi connectivity index (χ0v) is 10.7. The third-order valence-electron chi connectivity index (χ3n) is 2.45. The van der Waals surface area contributed by atoms with E-state index in [1.54, 1.807) is 0 Å². The number of benzene rings is 2. The van der Waals surface area contributed by atoms with Gasteiger partial charge in [0.15, 0.2) is 17.5 Å². The van der Waals surface area contributed by atoms with Crippen LogP contribution in [0.5, 0.6) is 0 Å². The predicted molar refractivity (Wildman–Crippen MR) is 68.0 cm³/mol. The summed E-state index contributed by atoms with van der Waals surface area (Å²) in [5.74, 6) is -4.77. The minimum Gasteiger partial charge on any atom is -0.399 e. The molecule has 0 radical (unpaired) electrons. The van der Waals surface area contributed by atoms with Gasteiger partial charge < -0.3 is 5.73 Å². The third-order valence-corrected chi connectivity index (χ3v) is 3.81. The van der Waals surface area contributed by atoms with E-state index in [1.807, 2.05) is 4.72 Å². The molecule has 8 heteroatoms. The van der Waals surface area contributed by atoms with Gasteiger partial charge in [0.1, 0.15) is 0 Å². The molecule has 0 aromatic heterocycles. The molecule has 2 aromatic rings. The van der Waals surface area contributed by atoms with Gasteiger partial charge in [0.25, 0.3) is 10.0 Å². The average molecular weight is 302 g/mol. The summed E-state index contributed by atoms with van der Waals surface area (Å²) in [7, 11) is -4.15. The van der Waals surface area contributed by atoms with Crippen molar-refractivity contribution in [3.8, 4) is 0 Å². The van der Waals surface area contributed by atoms with E-state index < -0.39 is 33.2 Å². The summed E-state index contributed by atoms with van der Waals surface area (Å²) in [4.78, 5) is -0.221. The Hall–Kier alpha value is -2.22. The van der Waals surface area contributed by atoms with Crippen molar-refractivity contribution in [2.75, 3.05) is 10.5 Å². The maximum absolute atomic E-state index is 13.4. The van der Waals surface area contributed by atoms with Crippen molar-refractivity contribution in [1.29, 1.82) is 0 Å². The van der Waals surface area contributed by atoms with Crippen molar-refractivity contribution in [2.24, 2.45) is 0 Å². The molecule has 0 fully saturated rings. The predicted octanol–water partition coefficient (Wildman–Crippen LogP) is 2.49. The molecule has 0 spiro atoms. The summed E-state index contributed by atoms with van der Waals surface area (Å²) in [5, 5.41) is 0. The first-order valence-corrected chi connectivity index (χ1v) is 6.81. The SMILES string of the molecule is Nc1cccc(S(=O)(=O)Nc2ccc(F)c(F)c2F)c1. The van der Waals surface area contributed by atoms with Crippen LogP contribution in [0.15, 0.2) is 41.3 Å². The molecule has 0 saturated carbocycles. The molecule has 0 unspecified atom stereocenters. The van der Waals surface area contributed by atoms with Crippen LogP contribution in [0.25, 0.3) is 0 Å². The fraction of sp³-hybridized carbons (Fsp3) is 0. The average Bonchev–Trinajstić information content (AvgIpc) is 2.39. The summed E-state index contributed by atoms with van der Waals surface area (Å²) >= 11 is 0. The molecular formula is C12H9F3N2O2S. The van der Waals surface area contributed by atoms with Crippen molar-refractivity contribution in [3.63, 3.8) is 0 Å². The van der Waals surface area contributed by atoms with E-state index >= 15 is 0 Å². The lowest BCUT2D eigenvalue weighted by Crippen LogP contribution is -2.15. The lowest BCUT2D eigenvalue weighted by molar-refractivity contribution is 0.449. The standard InChI is InChI=1S/C12H9F3N2O2S/c13-9-4-5-10(12(15)11(9)14)17-20(18,19)8-3-1-2-7(16)6-8/h1-6,17H,16H2. The highest BCUT2D eigenvalue weighted by molar-refractivity contribution is 7.92. The Kier molecular flexibility index (Phi) is 3.58. The molecule has 0 aliphatic rings. The van der Waals surface area contributed by atoms with Crippen molar-refractivity contribution in [1.82, 2.24) is 0 Å². The largest absolute Gasteiger partial charge is 0.399 e. The number of rotatable bonds is 3. The summed E-state index contributed by atoms with van der Waals surface area (Å²) in [5.41, 5.74) is 4.95. The second-order valence-electron chi connectivity index (χ2n) is 3.90. The lowest BCUT2D eigenvalue weighted by Gasteiger charge is -2.10. The highest BCUT2D eigenvalue weighted by Crippen LogP contribution is 2.23. The van der Waals surface area contributed by atoms with Gasteiger partial charge in [-0.05, 0) is 30.3 Å². The monoisotopic (exact) mass is 302 g/mol. The Morgan fingerprint density at radius 3 is 2.35 bits per heavy atom. The van der Waals surface area contributed by atoms with Crippen molar-refractivity contribution >= 4 is 21.4 Å². The zero-order chi connectivity index (χ0) is 14.9. The molecule has 0 heterocycles. The van der Waals surface area contributed by atoms with Crippen LogP contribution in [0.1, 0.15) is 0 Å². The van der Waals surface area contributed by atoms with E-state index in [0.29, 0.717) is 6.07 Å². The number of nitrogens with one attached hydrogen (secondary N) is 1. The van der Waals surface area contributed by atoms with Gasteiger partial charge in [-0.2, -0.15) is 0 Å². The van der Waals surface area contributed by atoms with Gasteiger partial charge in [0.05, 0.1) is 10.6 Å². The lowest BCUT2D eigenvalue weighted by atomic mass is 10.3. The topological polar surface area (TPSA) is 72.2 Å². The van der Waals surface area contributed by atoms with Gasteiger partial charge in [-0.25, -0.2) is 21.6 Å². The second kappa shape index (κ2) is 5.04. The van der Waals surface area contributed by atoms with Crippen molar-refractivity contribution in [3.05, 3.63) is 53.8 Å². The summed E-state index contributed by atoms with van der Waals surface area (Å²) in [6, 6.07) is 6.66. The summed E-state index contributed by atoms with van der Waals surface area (Å²) in [6.45, 7) is 0. The van der Waals surface area contributed by atoms with Crippen LogP contribution >= 0.6 is 0 Å². The van der Waals surface area contributed by atoms with Gasteiger partial charge in [0.2, 0.25) is 0 Å². The minimum absolute atomic E-state index is 0.193. The van der Waals surface area contributed by atoms with E-state index in [4.69, 9.17) is 5.73 Å². The molecule has 20 heavy (non-hydrogen) atoms. The Morgan fingerprint density at radius 2 is 1.70 bits per heavy atom. The molecular weight excluding hydrogens is 293 g/mol. The quantitative estimate of drug-likeness (QED) is 0.676. The molecule has 2 aromatic carbocycles. The van der Waals surface area contributed by atoms with Crippen LogP contribution in [0.4, 0.5) is 24.5 Å². The number of hydrogen-bond acceptors (Lipinski definition) is 3. The van der Waals surface area contributed by atoms with Crippen molar-refractivity contribution < 1.29 is 21.6 Å². The molecule has 0 amide bonds. The molecule has 106 valence electrons. The van der Waals surface area contributed by atoms with Gasteiger partial charge in [-0.3, -0.25) is 4.72 Å². The van der Waals surface area contributed by atoms with Gasteiger partial charge in [-0.1, -0.05) is 6.07 Å². The fourth-order valence-electron chi connectivity index (χ4n) is 1.49. The van der Waals surface area contributed by atoms with Crippen LogP contribution in [-0.2, 0) is 10.0 Å². The minimum atomic E-state index is -4.15. The molecule has 0 bridgehead atoms. The van der Waals surface area contributed by atoms with E-state index in [1.165, 1.54) is 18.2 Å². The van der Waals surface area contributed by atoms with E-state index in [0.717, 1.165) is 12.1 Å². The third kappa shape index (κ3) is 2.69. The Morgan fingerprint density at radius 1 is 1.00 bits per heavy atom. The number of halogens is 3. The fourth-order valence-corrected chi connectivity index (χ4v) is 2.60. The van der Waals surface area contributed by atoms with Crippen LogP contribution in [-0.4, -0.2) is 8.42 Å². The number of hydrogen-bond donors (Lipinski definition) is 2. The number of sulfonamides is 1. The van der Waals surface area contributed by atoms with E-state index in [9.17, 15) is 21.6 Å². The van der Waals surface area contributed by atoms with Crippen LogP contribution < -0.4 is 10.5 Å². The number of nitrogen functional groups attached to an aromatic ring is 1. The van der Waals surface area contributed by atoms with Crippen LogP contribution in [0.3, 0.4) is 0 Å². The Balaban J connectivity index is 2.41. The summed E-state index contributed by atoms with van der Waals surface area (Å²) < 4.78 is 64.9. The second-order valence-corrected chi connectivity index (χ2v) is 5.58. The highest BCUT2D eigenvalue weighted by atomic mass is 32.2. The first-order valence-electron chi connectivity index (χ1n) is 5.33. The highest BCUT2D eigenvalue weighted by Gasteiger charge is 2.20. The Bertz CT molecular complexity index is 763. The van der Waals surface area contributed by atoms with E-state index in [2.05, 4.69) is 0 Å². The molecule has 0 atom stereocenters. The van der Waals surface area contributed by atoms with Crippen LogP contribution in [0.2, 0.25) is 0 Å². The molecule has 4 nitrogen and oxygen atoms in total. The van der Waals surface area contributed by atoms with E-state index in [-0.39, 0.29) is 10.6 Å². The van der Waals surface area contributed by atoms with Crippen LogP contribution in [0, 0.1) is 17.5 Å². The maximum Gasteiger partial charge on any atom is 0.262 e. The number of anilines is 2. The van der Waals surface area contributed by atoms with Crippen molar-refractivity contribution in [2.45, 2.75) is 4.90 Å².